The fourth-order valence-electron chi connectivity index (χ4n) is 3.81. The van der Waals surface area contributed by atoms with Crippen LogP contribution in [0.3, 0.4) is 0 Å². The number of hydrogen-bond acceptors (Lipinski definition) is 6. The lowest BCUT2D eigenvalue weighted by molar-refractivity contribution is -0.142. The van der Waals surface area contributed by atoms with Crippen LogP contribution in [-0.2, 0) is 24.9 Å². The van der Waals surface area contributed by atoms with Crippen molar-refractivity contribution in [2.24, 2.45) is 5.73 Å². The fraction of sp³-hybridized carbons (Fsp3) is 0.241. The number of hydrogen-bond donors (Lipinski definition) is 5. The number of thioether (sulfide) groups is 1. The highest BCUT2D eigenvalue weighted by Crippen LogP contribution is 2.27. The van der Waals surface area contributed by atoms with Gasteiger partial charge in [0.05, 0.1) is 0 Å². The number of aliphatic carboxylic acids is 2. The molecule has 6 N–H and O–H groups in total. The summed E-state index contributed by atoms with van der Waals surface area (Å²) in [6.45, 7) is 0. The molecule has 1 unspecified atom stereocenters. The molecule has 0 saturated carbocycles. The highest BCUT2D eigenvalue weighted by Gasteiger charge is 2.28. The van der Waals surface area contributed by atoms with E-state index in [4.69, 9.17) is 12.3 Å². The lowest BCUT2D eigenvalue weighted by atomic mass is 10.0. The van der Waals surface area contributed by atoms with Gasteiger partial charge in [0, 0.05) is 17.9 Å². The van der Waals surface area contributed by atoms with Gasteiger partial charge in [-0.3, -0.25) is 14.4 Å². The number of carbonyl (C=O) groups is 4. The summed E-state index contributed by atoms with van der Waals surface area (Å²) in [5.74, 6) is -3.73. The van der Waals surface area contributed by atoms with Crippen molar-refractivity contribution in [1.82, 2.24) is 10.6 Å². The van der Waals surface area contributed by atoms with Crippen molar-refractivity contribution in [2.45, 2.75) is 36.7 Å². The van der Waals surface area contributed by atoms with Crippen LogP contribution in [-0.4, -0.2) is 51.8 Å². The number of nitrogens with two attached hydrogens (primary N) is 1. The molecule has 0 bridgehead atoms. The predicted molar refractivity (Wildman–Crippen MR) is 150 cm³/mol. The molecule has 39 heavy (non-hydrogen) atoms. The monoisotopic (exact) mass is 550 g/mol. The third-order valence-corrected chi connectivity index (χ3v) is 6.96. The molecule has 3 rings (SSSR count). The predicted octanol–water partition coefficient (Wildman–Crippen LogP) is 3.21. The van der Waals surface area contributed by atoms with Gasteiger partial charge in [0.1, 0.15) is 12.1 Å². The number of benzene rings is 3. The van der Waals surface area contributed by atoms with Crippen LogP contribution < -0.4 is 16.4 Å². The number of carboxylic acid groups (broad SMARTS) is 2. The maximum atomic E-state index is 13.3. The molecule has 0 aliphatic heterocycles. The Hall–Kier alpha value is -4.15. The van der Waals surface area contributed by atoms with Crippen LogP contribution in [0.1, 0.15) is 30.0 Å². The van der Waals surface area contributed by atoms with E-state index in [1.54, 1.807) is 30.3 Å². The molecule has 0 heterocycles. The first kappa shape index (κ1) is 27.9. The van der Waals surface area contributed by atoms with Gasteiger partial charge in [0.15, 0.2) is 7.45 Å². The van der Waals surface area contributed by atoms with Crippen LogP contribution in [0, 0.1) is 0 Å². The molecule has 0 aliphatic carbocycles. The molecule has 204 valence electrons. The quantitative estimate of drug-likeness (QED) is 0.205. The first-order valence-electron chi connectivity index (χ1n) is 12.7. The minimum absolute atomic E-state index is 0.00366. The van der Waals surface area contributed by atoms with E-state index in [1.807, 2.05) is 54.6 Å². The van der Waals surface area contributed by atoms with Crippen molar-refractivity contribution < 1.29 is 30.8 Å². The van der Waals surface area contributed by atoms with Gasteiger partial charge >= 0.3 is 11.9 Å². The number of rotatable bonds is 14. The second-order valence-electron chi connectivity index (χ2n) is 8.75. The molecular weight excluding hydrogens is 518 g/mol. The van der Waals surface area contributed by atoms with E-state index in [1.165, 1.54) is 11.8 Å². The highest BCUT2D eigenvalue weighted by molar-refractivity contribution is 7.98. The average molecular weight is 551 g/mol. The van der Waals surface area contributed by atoms with Crippen LogP contribution in [0.5, 0.6) is 0 Å². The summed E-state index contributed by atoms with van der Waals surface area (Å²) < 4.78 is 8.41. The maximum absolute atomic E-state index is 13.3. The summed E-state index contributed by atoms with van der Waals surface area (Å²) in [6, 6.07) is 21.6. The van der Waals surface area contributed by atoms with Crippen molar-refractivity contribution in [1.29, 1.82) is 0 Å². The van der Waals surface area contributed by atoms with E-state index < -0.39 is 41.9 Å². The lowest BCUT2D eigenvalue weighted by Crippen LogP contribution is -2.50. The first-order valence-corrected chi connectivity index (χ1v) is 13.4. The molecule has 0 saturated heterocycles. The van der Waals surface area contributed by atoms with Crippen molar-refractivity contribution in [3.63, 3.8) is 0 Å². The summed E-state index contributed by atoms with van der Waals surface area (Å²) in [5.41, 5.74) is 8.84. The Morgan fingerprint density at radius 1 is 0.872 bits per heavy atom. The Labute approximate surface area is 232 Å². The van der Waals surface area contributed by atoms with Gasteiger partial charge in [-0.05, 0) is 28.7 Å². The van der Waals surface area contributed by atoms with Crippen molar-refractivity contribution in [3.05, 3.63) is 96.1 Å². The van der Waals surface area contributed by atoms with E-state index in [2.05, 4.69) is 5.32 Å². The second-order valence-corrected chi connectivity index (χ2v) is 9.78. The lowest BCUT2D eigenvalue weighted by Gasteiger charge is -2.22. The molecule has 9 nitrogen and oxygen atoms in total. The third kappa shape index (κ3) is 8.98. The minimum atomic E-state index is -1.39. The SMILES string of the molecule is [2H]N(C(=O)CC[C@H](N)C(=O)O)[C@@H](CSCc1ccccc1-c1ccccc1)C(=O)NC(C(=O)O)c1ccccc1. The number of carbonyl (C=O) groups excluding carboxylic acids is 2. The summed E-state index contributed by atoms with van der Waals surface area (Å²) in [5, 5.41) is 21.7. The fourth-order valence-corrected chi connectivity index (χ4v) is 4.85. The summed E-state index contributed by atoms with van der Waals surface area (Å²) in [4.78, 5) is 49.1. The van der Waals surface area contributed by atoms with Gasteiger partial charge < -0.3 is 26.6 Å². The van der Waals surface area contributed by atoms with E-state index in [0.29, 0.717) is 16.6 Å². The van der Waals surface area contributed by atoms with Gasteiger partial charge in [0.2, 0.25) is 11.8 Å². The molecule has 0 spiro atoms. The first-order chi connectivity index (χ1) is 19.2. The minimum Gasteiger partial charge on any atom is -0.480 e. The molecule has 0 radical (unpaired) electrons. The van der Waals surface area contributed by atoms with Crippen LogP contribution >= 0.6 is 11.8 Å². The van der Waals surface area contributed by atoms with Gasteiger partial charge in [-0.1, -0.05) is 84.9 Å². The Bertz CT molecular complexity index is 1310. The van der Waals surface area contributed by atoms with E-state index in [0.717, 1.165) is 16.7 Å². The molecular formula is C29H31N3O6S. The highest BCUT2D eigenvalue weighted by atomic mass is 32.2. The van der Waals surface area contributed by atoms with Gasteiger partial charge in [0.25, 0.3) is 0 Å². The average Bonchev–Trinajstić information content (AvgIpc) is 2.97. The Kier molecular flexibility index (Phi) is 10.5. The zero-order valence-corrected chi connectivity index (χ0v) is 21.9. The largest absolute Gasteiger partial charge is 0.480 e. The smallest absolute Gasteiger partial charge is 0.330 e. The van der Waals surface area contributed by atoms with Gasteiger partial charge in [-0.25, -0.2) is 4.79 Å². The maximum Gasteiger partial charge on any atom is 0.330 e. The number of amides is 2. The molecule has 2 amide bonds. The Morgan fingerprint density at radius 3 is 2.13 bits per heavy atom. The molecule has 10 heteroatoms. The molecule has 0 fully saturated rings. The summed E-state index contributed by atoms with van der Waals surface area (Å²) >= 11 is 1.32. The van der Waals surface area contributed by atoms with Crippen LogP contribution in [0.15, 0.2) is 84.9 Å². The van der Waals surface area contributed by atoms with Crippen LogP contribution in [0.25, 0.3) is 11.1 Å². The molecule has 0 aliphatic rings. The zero-order valence-electron chi connectivity index (χ0n) is 22.1. The number of carboxylic acids is 2. The molecule has 0 aromatic heterocycles. The van der Waals surface area contributed by atoms with Crippen molar-refractivity contribution >= 4 is 35.5 Å². The van der Waals surface area contributed by atoms with Crippen molar-refractivity contribution in [2.75, 3.05) is 5.75 Å². The summed E-state index contributed by atoms with van der Waals surface area (Å²) in [6.07, 6.45) is -0.569. The Morgan fingerprint density at radius 2 is 1.49 bits per heavy atom. The molecule has 3 atom stereocenters. The van der Waals surface area contributed by atoms with Crippen LogP contribution in [0.4, 0.5) is 0 Å². The molecule has 3 aromatic rings. The van der Waals surface area contributed by atoms with E-state index in [9.17, 15) is 24.3 Å². The summed E-state index contributed by atoms with van der Waals surface area (Å²) in [7, 11) is 0. The number of nitrogens with one attached hydrogen (secondary N) is 2. The third-order valence-electron chi connectivity index (χ3n) is 5.89. The normalized spacial score (nSPS) is 13.4. The van der Waals surface area contributed by atoms with Gasteiger partial charge in [-0.15, -0.1) is 0 Å². The van der Waals surface area contributed by atoms with Gasteiger partial charge in [-0.2, -0.15) is 11.8 Å². The van der Waals surface area contributed by atoms with Crippen molar-refractivity contribution in [3.8, 4) is 11.1 Å². The van der Waals surface area contributed by atoms with Crippen LogP contribution in [0.2, 0.25) is 1.41 Å². The van der Waals surface area contributed by atoms with E-state index in [-0.39, 0.29) is 18.6 Å². The van der Waals surface area contributed by atoms with E-state index >= 15 is 0 Å². The zero-order chi connectivity index (χ0) is 29.1. The molecule has 3 aromatic carbocycles. The Balaban J connectivity index is 1.78. The second kappa shape index (κ2) is 14.7. The topological polar surface area (TPSA) is 159 Å². The standard InChI is InChI=1S/C29H31N3O6S/c30-23(28(35)36)15-16-25(33)31-24(27(34)32-26(29(37)38)20-11-5-2-6-12-20)18-39-17-21-13-7-8-14-22(21)19-9-3-1-4-10-19/h1-14,23-24,26H,15-18,30H2,(H,31,33)(H,32,34)(H,35,36)(H,37,38)/t23-,24-,26?/m0/s1/i/hD.